The molecule has 15 heavy (non-hydrogen) atoms. The molecule has 0 saturated heterocycles. The van der Waals surface area contributed by atoms with Crippen molar-refractivity contribution < 1.29 is 0 Å². The number of allylic oxidation sites excluding steroid dienone is 2. The van der Waals surface area contributed by atoms with Crippen LogP contribution in [0, 0.1) is 0 Å². The van der Waals surface area contributed by atoms with Crippen LogP contribution in [-0.4, -0.2) is 11.9 Å². The second kappa shape index (κ2) is 5.74. The lowest BCUT2D eigenvalue weighted by molar-refractivity contribution is 0.702. The van der Waals surface area contributed by atoms with E-state index in [0.717, 1.165) is 11.5 Å². The van der Waals surface area contributed by atoms with E-state index < -0.39 is 0 Å². The maximum Gasteiger partial charge on any atom is 0.127 e. The first-order valence-corrected chi connectivity index (χ1v) is 5.77. The molecular weight excluding hydrogens is 184 g/mol. The van der Waals surface area contributed by atoms with Crippen LogP contribution in [0.4, 0.5) is 0 Å². The van der Waals surface area contributed by atoms with Crippen molar-refractivity contribution in [3.05, 3.63) is 23.9 Å². The first-order valence-electron chi connectivity index (χ1n) is 5.77. The fraction of sp³-hybridized carbons (Fsp3) is 0.615. The van der Waals surface area contributed by atoms with Gasteiger partial charge in [0.1, 0.15) is 5.84 Å². The number of rotatable bonds is 3. The maximum absolute atomic E-state index is 4.76. The van der Waals surface area contributed by atoms with E-state index in [1.807, 2.05) is 13.8 Å². The summed E-state index contributed by atoms with van der Waals surface area (Å²) in [5.41, 5.74) is 2.15. The number of aliphatic imine (C=N–C) groups is 1. The third kappa shape index (κ3) is 3.90. The van der Waals surface area contributed by atoms with E-state index in [4.69, 9.17) is 4.99 Å². The Morgan fingerprint density at radius 1 is 1.33 bits per heavy atom. The Morgan fingerprint density at radius 2 is 1.93 bits per heavy atom. The lowest BCUT2D eigenvalue weighted by Gasteiger charge is -2.12. The Hall–Kier alpha value is -1.05. The molecule has 0 radical (unpaired) electrons. The molecule has 0 atom stereocenters. The molecule has 0 aliphatic heterocycles. The minimum atomic E-state index is 0.516. The summed E-state index contributed by atoms with van der Waals surface area (Å²) in [6.45, 7) is 9.96. The van der Waals surface area contributed by atoms with Crippen LogP contribution in [0.25, 0.3) is 0 Å². The van der Waals surface area contributed by atoms with Gasteiger partial charge in [-0.25, -0.2) is 0 Å². The summed E-state index contributed by atoms with van der Waals surface area (Å²) in [5, 5.41) is 3.24. The first kappa shape index (κ1) is 12.0. The van der Waals surface area contributed by atoms with Crippen LogP contribution < -0.4 is 5.32 Å². The first-order chi connectivity index (χ1) is 7.13. The number of hydrogen-bond acceptors (Lipinski definition) is 1. The van der Waals surface area contributed by atoms with Gasteiger partial charge in [-0.3, -0.25) is 4.99 Å². The van der Waals surface area contributed by atoms with Gasteiger partial charge < -0.3 is 5.32 Å². The molecule has 0 aromatic carbocycles. The van der Waals surface area contributed by atoms with Crippen molar-refractivity contribution in [2.45, 2.75) is 52.5 Å². The Bertz CT molecular complexity index is 281. The Kier molecular flexibility index (Phi) is 4.60. The zero-order valence-corrected chi connectivity index (χ0v) is 10.1. The fourth-order valence-electron chi connectivity index (χ4n) is 1.79. The largest absolute Gasteiger partial charge is 0.345 e. The van der Waals surface area contributed by atoms with Crippen molar-refractivity contribution >= 4 is 5.84 Å². The molecule has 2 nitrogen and oxygen atoms in total. The maximum atomic E-state index is 4.76. The molecule has 1 fully saturated rings. The van der Waals surface area contributed by atoms with Gasteiger partial charge in [-0.1, -0.05) is 25.5 Å². The smallest absolute Gasteiger partial charge is 0.127 e. The third-order valence-corrected chi connectivity index (χ3v) is 2.77. The van der Waals surface area contributed by atoms with Crippen LogP contribution in [0.5, 0.6) is 0 Å². The summed E-state index contributed by atoms with van der Waals surface area (Å²) in [7, 11) is 0. The van der Waals surface area contributed by atoms with Crippen LogP contribution in [0.1, 0.15) is 46.5 Å². The standard InChI is InChI=1S/C13H22N2/c1-5-11(4)13(14-10(2)3)15-12-8-6-7-9-12/h5,12H,2,6-9H2,1,3-4H3,(H,14,15)/b11-5-. The highest BCUT2D eigenvalue weighted by Gasteiger charge is 2.15. The molecular formula is C13H22N2. The van der Waals surface area contributed by atoms with Gasteiger partial charge in [-0.05, 0) is 39.2 Å². The molecule has 0 bridgehead atoms. The van der Waals surface area contributed by atoms with Crippen molar-refractivity contribution in [1.29, 1.82) is 0 Å². The number of nitrogens with one attached hydrogen (secondary N) is 1. The fourth-order valence-corrected chi connectivity index (χ4v) is 1.79. The molecule has 1 aliphatic rings. The molecule has 1 saturated carbocycles. The Balaban J connectivity index is 2.74. The second-order valence-corrected chi connectivity index (χ2v) is 4.29. The van der Waals surface area contributed by atoms with Crippen LogP contribution in [0.15, 0.2) is 28.9 Å². The molecule has 0 spiro atoms. The molecule has 0 heterocycles. The number of hydrogen-bond donors (Lipinski definition) is 1. The van der Waals surface area contributed by atoms with Crippen molar-refractivity contribution in [3.63, 3.8) is 0 Å². The van der Waals surface area contributed by atoms with Crippen LogP contribution >= 0.6 is 0 Å². The summed E-state index contributed by atoms with van der Waals surface area (Å²) < 4.78 is 0. The van der Waals surface area contributed by atoms with Gasteiger partial charge in [0.05, 0.1) is 6.04 Å². The van der Waals surface area contributed by atoms with Crippen molar-refractivity contribution in [3.8, 4) is 0 Å². The van der Waals surface area contributed by atoms with Gasteiger partial charge in [0.25, 0.3) is 0 Å². The van der Waals surface area contributed by atoms with Crippen molar-refractivity contribution in [2.24, 2.45) is 4.99 Å². The van der Waals surface area contributed by atoms with Gasteiger partial charge in [0.2, 0.25) is 0 Å². The van der Waals surface area contributed by atoms with Gasteiger partial charge in [-0.2, -0.15) is 0 Å². The molecule has 1 aliphatic carbocycles. The molecule has 1 N–H and O–H groups in total. The topological polar surface area (TPSA) is 24.4 Å². The molecule has 0 aromatic rings. The molecule has 0 aromatic heterocycles. The Labute approximate surface area is 93.2 Å². The monoisotopic (exact) mass is 206 g/mol. The van der Waals surface area contributed by atoms with Crippen molar-refractivity contribution in [2.75, 3.05) is 0 Å². The van der Waals surface area contributed by atoms with Crippen molar-refractivity contribution in [1.82, 2.24) is 5.32 Å². The number of nitrogens with zero attached hydrogens (tertiary/aromatic N) is 1. The lowest BCUT2D eigenvalue weighted by atomic mass is 10.2. The second-order valence-electron chi connectivity index (χ2n) is 4.29. The average molecular weight is 206 g/mol. The summed E-state index contributed by atoms with van der Waals surface area (Å²) in [4.78, 5) is 4.76. The zero-order chi connectivity index (χ0) is 11.3. The molecule has 0 amide bonds. The SMILES string of the molecule is C=C(C)NC(=NC1CCCC1)/C(C)=C\C. The highest BCUT2D eigenvalue weighted by molar-refractivity contribution is 5.98. The normalized spacial score (nSPS) is 19.4. The highest BCUT2D eigenvalue weighted by Crippen LogP contribution is 2.21. The Morgan fingerprint density at radius 3 is 2.40 bits per heavy atom. The van der Waals surface area contributed by atoms with Crippen LogP contribution in [0.3, 0.4) is 0 Å². The third-order valence-electron chi connectivity index (χ3n) is 2.77. The van der Waals surface area contributed by atoms with E-state index >= 15 is 0 Å². The van der Waals surface area contributed by atoms with E-state index in [1.165, 1.54) is 31.3 Å². The summed E-state index contributed by atoms with van der Waals surface area (Å²) >= 11 is 0. The predicted molar refractivity (Wildman–Crippen MR) is 67.1 cm³/mol. The van der Waals surface area contributed by atoms with E-state index in [-0.39, 0.29) is 0 Å². The van der Waals surface area contributed by atoms with Gasteiger partial charge >= 0.3 is 0 Å². The predicted octanol–water partition coefficient (Wildman–Crippen LogP) is 3.42. The van der Waals surface area contributed by atoms with Crippen LogP contribution in [0.2, 0.25) is 0 Å². The average Bonchev–Trinajstić information content (AvgIpc) is 2.67. The van der Waals surface area contributed by atoms with E-state index in [2.05, 4.69) is 24.9 Å². The molecule has 84 valence electrons. The van der Waals surface area contributed by atoms with Gasteiger partial charge in [0, 0.05) is 5.70 Å². The van der Waals surface area contributed by atoms with E-state index in [9.17, 15) is 0 Å². The summed E-state index contributed by atoms with van der Waals surface area (Å²) in [6, 6.07) is 0.516. The minimum absolute atomic E-state index is 0.516. The zero-order valence-electron chi connectivity index (χ0n) is 10.1. The van der Waals surface area contributed by atoms with E-state index in [0.29, 0.717) is 6.04 Å². The summed E-state index contributed by atoms with van der Waals surface area (Å²) in [6.07, 6.45) is 7.20. The summed E-state index contributed by atoms with van der Waals surface area (Å²) in [5.74, 6) is 0.997. The van der Waals surface area contributed by atoms with Gasteiger partial charge in [-0.15, -0.1) is 0 Å². The molecule has 2 heteroatoms. The highest BCUT2D eigenvalue weighted by atomic mass is 15.0. The minimum Gasteiger partial charge on any atom is -0.345 e. The van der Waals surface area contributed by atoms with Crippen LogP contribution in [-0.2, 0) is 0 Å². The lowest BCUT2D eigenvalue weighted by Crippen LogP contribution is -2.24. The quantitative estimate of drug-likeness (QED) is 0.555. The molecule has 1 rings (SSSR count). The number of amidine groups is 1. The van der Waals surface area contributed by atoms with E-state index in [1.54, 1.807) is 0 Å². The van der Waals surface area contributed by atoms with Gasteiger partial charge in [0.15, 0.2) is 0 Å². The molecule has 0 unspecified atom stereocenters.